The summed E-state index contributed by atoms with van der Waals surface area (Å²) in [6.07, 6.45) is 3.43. The third-order valence-corrected chi connectivity index (χ3v) is 9.84. The second kappa shape index (κ2) is 11.2. The van der Waals surface area contributed by atoms with Crippen LogP contribution in [0.4, 0.5) is 0 Å². The van der Waals surface area contributed by atoms with E-state index in [1.807, 2.05) is 18.2 Å². The van der Waals surface area contributed by atoms with E-state index < -0.39 is 0 Å². The van der Waals surface area contributed by atoms with Gasteiger partial charge in [-0.2, -0.15) is 0 Å². The molecule has 45 heavy (non-hydrogen) atoms. The number of nitrogens with zero attached hydrogens (tertiary/aromatic N) is 2. The molecule has 1 unspecified atom stereocenters. The summed E-state index contributed by atoms with van der Waals surface area (Å²) in [4.78, 5) is 4.83. The molecule has 6 bridgehead atoms. The van der Waals surface area contributed by atoms with Gasteiger partial charge in [0, 0.05) is 30.7 Å². The van der Waals surface area contributed by atoms with Crippen molar-refractivity contribution in [2.24, 2.45) is 0 Å². The highest BCUT2D eigenvalue weighted by Crippen LogP contribution is 2.53. The van der Waals surface area contributed by atoms with E-state index in [4.69, 9.17) is 28.4 Å². The van der Waals surface area contributed by atoms with Gasteiger partial charge in [-0.3, -0.25) is 9.80 Å². The van der Waals surface area contributed by atoms with Crippen LogP contribution in [0.3, 0.4) is 0 Å². The summed E-state index contributed by atoms with van der Waals surface area (Å²) in [5, 5.41) is 0. The van der Waals surface area contributed by atoms with Gasteiger partial charge in [0.1, 0.15) is 5.75 Å². The monoisotopic (exact) mass is 606 g/mol. The van der Waals surface area contributed by atoms with Gasteiger partial charge in [0.05, 0.1) is 14.2 Å². The molecule has 232 valence electrons. The van der Waals surface area contributed by atoms with Gasteiger partial charge < -0.3 is 28.4 Å². The van der Waals surface area contributed by atoms with E-state index >= 15 is 0 Å². The fourth-order valence-electron chi connectivity index (χ4n) is 7.33. The molecule has 0 fully saturated rings. The van der Waals surface area contributed by atoms with Crippen LogP contribution in [0.2, 0.25) is 0 Å². The minimum absolute atomic E-state index is 0.0724. The van der Waals surface area contributed by atoms with Crippen LogP contribution in [0.25, 0.3) is 0 Å². The highest BCUT2D eigenvalue weighted by atomic mass is 16.7. The highest BCUT2D eigenvalue weighted by molar-refractivity contribution is 5.64. The van der Waals surface area contributed by atoms with Crippen LogP contribution in [0.15, 0.2) is 60.7 Å². The smallest absolute Gasteiger partial charge is 0.231 e. The van der Waals surface area contributed by atoms with Gasteiger partial charge in [-0.25, -0.2) is 0 Å². The van der Waals surface area contributed by atoms with Crippen LogP contribution in [0, 0.1) is 0 Å². The number of benzene rings is 4. The third-order valence-electron chi connectivity index (χ3n) is 9.84. The molecule has 0 amide bonds. The number of hydrogen-bond donors (Lipinski definition) is 0. The van der Waals surface area contributed by atoms with Crippen LogP contribution < -0.4 is 28.4 Å². The maximum atomic E-state index is 7.00. The fraction of sp³-hybridized carbons (Fsp3) is 0.351. The Hall–Kier alpha value is -4.40. The fourth-order valence-corrected chi connectivity index (χ4v) is 7.33. The Morgan fingerprint density at radius 2 is 1.36 bits per heavy atom. The summed E-state index contributed by atoms with van der Waals surface area (Å²) in [7, 11) is 7.77. The molecule has 0 spiro atoms. The molecule has 8 nitrogen and oxygen atoms in total. The number of methoxy groups -OCH3 is 2. The van der Waals surface area contributed by atoms with Gasteiger partial charge in [0.15, 0.2) is 34.5 Å². The van der Waals surface area contributed by atoms with E-state index in [1.54, 1.807) is 14.2 Å². The Balaban J connectivity index is 1.34. The van der Waals surface area contributed by atoms with Crippen molar-refractivity contribution in [2.75, 3.05) is 48.2 Å². The van der Waals surface area contributed by atoms with Crippen molar-refractivity contribution < 1.29 is 28.4 Å². The first kappa shape index (κ1) is 28.1. The van der Waals surface area contributed by atoms with Gasteiger partial charge in [0.2, 0.25) is 12.5 Å². The molecule has 0 aliphatic carbocycles. The molecular formula is C37H38N2O6. The summed E-state index contributed by atoms with van der Waals surface area (Å²) in [6.45, 7) is 2.06. The first-order valence-corrected chi connectivity index (χ1v) is 15.7. The van der Waals surface area contributed by atoms with Crippen LogP contribution in [-0.4, -0.2) is 58.0 Å². The molecule has 5 aliphatic heterocycles. The van der Waals surface area contributed by atoms with Gasteiger partial charge in [-0.1, -0.05) is 18.2 Å². The summed E-state index contributed by atoms with van der Waals surface area (Å²) < 4.78 is 37.1. The maximum absolute atomic E-state index is 7.00. The van der Waals surface area contributed by atoms with Crippen molar-refractivity contribution in [3.05, 3.63) is 94.0 Å². The highest BCUT2D eigenvalue weighted by Gasteiger charge is 2.36. The van der Waals surface area contributed by atoms with Crippen molar-refractivity contribution in [3.8, 4) is 46.0 Å². The van der Waals surface area contributed by atoms with Crippen LogP contribution >= 0.6 is 0 Å². The zero-order valence-electron chi connectivity index (χ0n) is 26.2. The lowest BCUT2D eigenvalue weighted by Gasteiger charge is -2.37. The normalized spacial score (nSPS) is 20.4. The molecule has 4 aromatic carbocycles. The summed E-state index contributed by atoms with van der Waals surface area (Å²) in [5.74, 6) is 5.71. The Morgan fingerprint density at radius 1 is 0.644 bits per heavy atom. The van der Waals surface area contributed by atoms with E-state index in [1.165, 1.54) is 22.3 Å². The number of rotatable bonds is 2. The lowest BCUT2D eigenvalue weighted by atomic mass is 9.87. The van der Waals surface area contributed by atoms with Gasteiger partial charge in [-0.05, 0) is 110 Å². The van der Waals surface area contributed by atoms with Crippen LogP contribution in [0.1, 0.15) is 45.5 Å². The topological polar surface area (TPSA) is 61.9 Å². The van der Waals surface area contributed by atoms with Crippen LogP contribution in [0.5, 0.6) is 46.0 Å². The Bertz CT molecular complexity index is 1770. The molecule has 5 heterocycles. The van der Waals surface area contributed by atoms with Gasteiger partial charge in [-0.15, -0.1) is 0 Å². The van der Waals surface area contributed by atoms with Crippen molar-refractivity contribution in [2.45, 2.75) is 37.8 Å². The third kappa shape index (κ3) is 4.93. The molecule has 4 aromatic rings. The SMILES string of the molecule is COc1ccc2cc1Oc1ccc(cc1)C[C@H]1c3c(cc4c(c3Oc3cc5c(cc3OC)CCN(C)C5C2)OCO4)CCN1C. The van der Waals surface area contributed by atoms with Crippen molar-refractivity contribution >= 4 is 0 Å². The molecule has 8 heteroatoms. The van der Waals surface area contributed by atoms with Crippen molar-refractivity contribution in [3.63, 3.8) is 0 Å². The van der Waals surface area contributed by atoms with E-state index in [2.05, 4.69) is 66.4 Å². The first-order chi connectivity index (χ1) is 22.0. The lowest BCUT2D eigenvalue weighted by Crippen LogP contribution is -2.34. The van der Waals surface area contributed by atoms with E-state index in [0.717, 1.165) is 67.1 Å². The van der Waals surface area contributed by atoms with E-state index in [-0.39, 0.29) is 18.9 Å². The zero-order valence-corrected chi connectivity index (χ0v) is 26.2. The average Bonchev–Trinajstić information content (AvgIpc) is 3.53. The standard InChI is InChI=1S/C37H38N2O6/c1-38-13-11-24-18-31(41-4)33-20-27(24)28(38)16-23-7-10-30(40-3)32(17-23)44-26-8-5-22(6-9-26)15-29-35-25(12-14-39(29)2)19-34-36(37(35)45-33)43-21-42-34/h5-10,17-20,28-29H,11-16,21H2,1-4H3/t28?,29-/m0/s1. The molecular weight excluding hydrogens is 568 g/mol. The second-order valence-electron chi connectivity index (χ2n) is 12.4. The summed E-state index contributed by atoms with van der Waals surface area (Å²) in [6, 6.07) is 21.3. The predicted molar refractivity (Wildman–Crippen MR) is 171 cm³/mol. The minimum Gasteiger partial charge on any atom is -0.493 e. The Kier molecular flexibility index (Phi) is 6.99. The average molecular weight is 607 g/mol. The zero-order chi connectivity index (χ0) is 30.7. The molecule has 0 radical (unpaired) electrons. The Morgan fingerprint density at radius 3 is 2.16 bits per heavy atom. The number of ether oxygens (including phenoxy) is 6. The molecule has 0 saturated heterocycles. The predicted octanol–water partition coefficient (Wildman–Crippen LogP) is 6.87. The summed E-state index contributed by atoms with van der Waals surface area (Å²) >= 11 is 0. The lowest BCUT2D eigenvalue weighted by molar-refractivity contribution is 0.171. The molecule has 9 rings (SSSR count). The van der Waals surface area contributed by atoms with Gasteiger partial charge >= 0.3 is 0 Å². The van der Waals surface area contributed by atoms with Gasteiger partial charge in [0.25, 0.3) is 0 Å². The second-order valence-corrected chi connectivity index (χ2v) is 12.4. The molecule has 0 aromatic heterocycles. The molecule has 2 atom stereocenters. The number of likely N-dealkylation sites (N-methyl/N-ethyl adjacent to an activating group) is 2. The van der Waals surface area contributed by atoms with E-state index in [0.29, 0.717) is 28.7 Å². The van der Waals surface area contributed by atoms with Crippen LogP contribution in [-0.2, 0) is 25.7 Å². The number of fused-ring (bicyclic) bond motifs is 3. The number of hydrogen-bond acceptors (Lipinski definition) is 8. The molecule has 0 N–H and O–H groups in total. The molecule has 0 saturated carbocycles. The molecule has 5 aliphatic rings. The maximum Gasteiger partial charge on any atom is 0.231 e. The minimum atomic E-state index is 0.0724. The summed E-state index contributed by atoms with van der Waals surface area (Å²) in [5.41, 5.74) is 7.25. The van der Waals surface area contributed by atoms with Crippen molar-refractivity contribution in [1.29, 1.82) is 0 Å². The quantitative estimate of drug-likeness (QED) is 0.245. The first-order valence-electron chi connectivity index (χ1n) is 15.7. The van der Waals surface area contributed by atoms with Crippen molar-refractivity contribution in [1.82, 2.24) is 9.80 Å². The van der Waals surface area contributed by atoms with E-state index in [9.17, 15) is 0 Å². The largest absolute Gasteiger partial charge is 0.493 e. The Labute approximate surface area is 264 Å².